The molecule has 0 spiro atoms. The van der Waals surface area contributed by atoms with Gasteiger partial charge in [-0.2, -0.15) is 19.0 Å². The molecule has 0 radical (unpaired) electrons. The number of thiazole rings is 2. The number of imidazole rings is 2. The molecule has 1 fully saturated rings. The Kier molecular flexibility index (Phi) is 6.41. The van der Waals surface area contributed by atoms with Crippen LogP contribution >= 0.6 is 22.7 Å². The Hall–Kier alpha value is -4.28. The Bertz CT molecular complexity index is 1690. The van der Waals surface area contributed by atoms with Crippen molar-refractivity contribution in [1.29, 1.82) is 0 Å². The summed E-state index contributed by atoms with van der Waals surface area (Å²) >= 11 is 3.49. The van der Waals surface area contributed by atoms with E-state index in [9.17, 15) is 0 Å². The highest BCUT2D eigenvalue weighted by Gasteiger charge is 2.18. The minimum atomic E-state index is 0.852. The first kappa shape index (κ1) is 24.7. The van der Waals surface area contributed by atoms with Gasteiger partial charge in [-0.05, 0) is 35.4 Å². The monoisotopic (exact) mass is 566 g/mol. The van der Waals surface area contributed by atoms with Crippen molar-refractivity contribution < 1.29 is 8.80 Å². The van der Waals surface area contributed by atoms with E-state index in [0.717, 1.165) is 37.3 Å². The molecule has 5 heterocycles. The fourth-order valence-corrected chi connectivity index (χ4v) is 6.75. The van der Waals surface area contributed by atoms with Gasteiger partial charge < -0.3 is 0 Å². The minimum Gasteiger partial charge on any atom is -0.293 e. The van der Waals surface area contributed by atoms with Crippen LogP contribution in [0.5, 0.6) is 0 Å². The zero-order valence-electron chi connectivity index (χ0n) is 22.5. The maximum absolute atomic E-state index is 4.73. The number of rotatable bonds is 6. The molecule has 0 amide bonds. The summed E-state index contributed by atoms with van der Waals surface area (Å²) in [4.78, 5) is 2.45. The number of hydrogen-bond acceptors (Lipinski definition) is 6. The second kappa shape index (κ2) is 10.4. The number of nitrogens with zero attached hydrogens (tertiary/aromatic N) is 8. The van der Waals surface area contributed by atoms with Crippen molar-refractivity contribution in [3.05, 3.63) is 95.2 Å². The van der Waals surface area contributed by atoms with Gasteiger partial charge in [0.15, 0.2) is 11.4 Å². The summed E-state index contributed by atoms with van der Waals surface area (Å²) in [6.45, 7) is 3.41. The predicted octanol–water partition coefficient (Wildman–Crippen LogP) is 4.28. The van der Waals surface area contributed by atoms with Crippen molar-refractivity contribution in [2.24, 2.45) is 24.3 Å². The van der Waals surface area contributed by atoms with Crippen LogP contribution in [0.3, 0.4) is 0 Å². The maximum Gasteiger partial charge on any atom is 0.345 e. The Labute approximate surface area is 240 Å². The topological polar surface area (TPSA) is 49.3 Å². The average Bonchev–Trinajstić information content (AvgIpc) is 3.77. The van der Waals surface area contributed by atoms with Crippen molar-refractivity contribution in [3.8, 4) is 22.5 Å². The highest BCUT2D eigenvalue weighted by atomic mass is 32.1. The molecule has 0 aliphatic carbocycles. The molecule has 8 nitrogen and oxygen atoms in total. The van der Waals surface area contributed by atoms with E-state index in [1.165, 1.54) is 32.4 Å². The SMILES string of the molecule is Cn1c(-c2ccc(/C=N/N3CCN(/N=C/c4ccc(-c5c[n+]6ccsc6n5C)cc4)CC3)cc2)c[n+]2ccsc12. The average molecular weight is 567 g/mol. The molecular weight excluding hydrogens is 537 g/mol. The normalized spacial score (nSPS) is 14.6. The molecule has 200 valence electrons. The number of fused-ring (bicyclic) bond motifs is 2. The fraction of sp³-hybridized carbons (Fsp3) is 0.200. The van der Waals surface area contributed by atoms with E-state index in [2.05, 4.69) is 126 Å². The molecule has 2 aromatic carbocycles. The molecule has 7 rings (SSSR count). The number of aryl methyl sites for hydroxylation is 2. The molecule has 0 N–H and O–H groups in total. The van der Waals surface area contributed by atoms with Crippen LogP contribution in [0.2, 0.25) is 0 Å². The van der Waals surface area contributed by atoms with E-state index in [1.807, 2.05) is 12.4 Å². The van der Waals surface area contributed by atoms with Crippen LogP contribution in [0.15, 0.2) is 94.3 Å². The highest BCUT2D eigenvalue weighted by molar-refractivity contribution is 7.14. The molecular formula is C30H30N8S2+2. The summed E-state index contributed by atoms with van der Waals surface area (Å²) in [6.07, 6.45) is 12.5. The summed E-state index contributed by atoms with van der Waals surface area (Å²) in [6, 6.07) is 17.2. The molecule has 1 saturated heterocycles. The highest BCUT2D eigenvalue weighted by Crippen LogP contribution is 2.23. The van der Waals surface area contributed by atoms with Crippen molar-refractivity contribution in [2.75, 3.05) is 26.2 Å². The molecule has 0 saturated carbocycles. The van der Waals surface area contributed by atoms with Gasteiger partial charge >= 0.3 is 9.92 Å². The van der Waals surface area contributed by atoms with Gasteiger partial charge in [0, 0.05) is 21.9 Å². The van der Waals surface area contributed by atoms with Gasteiger partial charge in [-0.1, -0.05) is 46.9 Å². The van der Waals surface area contributed by atoms with Crippen LogP contribution in [-0.2, 0) is 14.1 Å². The van der Waals surface area contributed by atoms with E-state index >= 15 is 0 Å². The first-order valence-electron chi connectivity index (χ1n) is 13.3. The van der Waals surface area contributed by atoms with E-state index in [4.69, 9.17) is 10.2 Å². The second-order valence-corrected chi connectivity index (χ2v) is 11.7. The van der Waals surface area contributed by atoms with Gasteiger partial charge in [-0.25, -0.2) is 9.13 Å². The van der Waals surface area contributed by atoms with Gasteiger partial charge in [-0.15, -0.1) is 0 Å². The first-order chi connectivity index (χ1) is 19.6. The molecule has 4 aromatic heterocycles. The van der Waals surface area contributed by atoms with Gasteiger partial charge in [0.05, 0.1) is 52.7 Å². The summed E-state index contributed by atoms with van der Waals surface area (Å²) in [5.41, 5.74) is 7.03. The van der Waals surface area contributed by atoms with Gasteiger partial charge in [-0.3, -0.25) is 10.0 Å². The number of hydrazone groups is 2. The second-order valence-electron chi connectivity index (χ2n) is 9.97. The minimum absolute atomic E-state index is 0.852. The lowest BCUT2D eigenvalue weighted by atomic mass is 10.1. The Balaban J connectivity index is 0.927. The Morgan fingerprint density at radius 3 is 1.40 bits per heavy atom. The third kappa shape index (κ3) is 4.69. The third-order valence-corrected chi connectivity index (χ3v) is 9.34. The molecule has 1 aliphatic rings. The maximum atomic E-state index is 4.73. The molecule has 1 aliphatic heterocycles. The van der Waals surface area contributed by atoms with Crippen LogP contribution in [0.1, 0.15) is 11.1 Å². The van der Waals surface area contributed by atoms with Gasteiger partial charge in [0.1, 0.15) is 24.8 Å². The number of aromatic nitrogens is 4. The van der Waals surface area contributed by atoms with Crippen molar-refractivity contribution in [1.82, 2.24) is 19.2 Å². The number of benzene rings is 2. The number of piperazine rings is 1. The molecule has 10 heteroatoms. The lowest BCUT2D eigenvalue weighted by Crippen LogP contribution is -2.41. The standard InChI is InChI=1S/C30H30N8S2/c1-33-27(21-35-15-17-39-29(33)35)25-7-3-23(4-8-25)19-31-37-11-13-38(14-12-37)32-20-24-5-9-26(10-6-24)28-22-36-16-18-40-30(36)34(28)2/h3-10,15-22H,11-14H2,1-2H3/q+2/b31-19+,32-20+. The fourth-order valence-electron chi connectivity index (χ4n) is 5.14. The first-order valence-corrected chi connectivity index (χ1v) is 15.1. The smallest absolute Gasteiger partial charge is 0.293 e. The summed E-state index contributed by atoms with van der Waals surface area (Å²) in [7, 11) is 4.23. The largest absolute Gasteiger partial charge is 0.345 e. The van der Waals surface area contributed by atoms with Crippen LogP contribution in [0.25, 0.3) is 32.4 Å². The summed E-state index contributed by atoms with van der Waals surface area (Å²) in [5, 5.41) is 17.9. The van der Waals surface area contributed by atoms with Gasteiger partial charge in [0.25, 0.3) is 0 Å². The lowest BCUT2D eigenvalue weighted by Gasteiger charge is -2.31. The Morgan fingerprint density at radius 1 is 0.625 bits per heavy atom. The lowest BCUT2D eigenvalue weighted by molar-refractivity contribution is -0.505. The van der Waals surface area contributed by atoms with E-state index in [1.54, 1.807) is 22.7 Å². The molecule has 40 heavy (non-hydrogen) atoms. The van der Waals surface area contributed by atoms with Crippen LogP contribution in [-0.4, -0.2) is 57.8 Å². The molecule has 0 unspecified atom stereocenters. The zero-order valence-corrected chi connectivity index (χ0v) is 24.1. The van der Waals surface area contributed by atoms with Crippen molar-refractivity contribution in [3.63, 3.8) is 0 Å². The summed E-state index contributed by atoms with van der Waals surface area (Å²) < 4.78 is 8.80. The molecule has 0 bridgehead atoms. The third-order valence-electron chi connectivity index (χ3n) is 7.44. The van der Waals surface area contributed by atoms with E-state index in [0.29, 0.717) is 0 Å². The quantitative estimate of drug-likeness (QED) is 0.223. The van der Waals surface area contributed by atoms with E-state index in [-0.39, 0.29) is 0 Å². The molecule has 6 aromatic rings. The van der Waals surface area contributed by atoms with Gasteiger partial charge in [0.2, 0.25) is 0 Å². The zero-order chi connectivity index (χ0) is 27.1. The van der Waals surface area contributed by atoms with Crippen LogP contribution in [0, 0.1) is 0 Å². The Morgan fingerprint density at radius 2 is 1.02 bits per heavy atom. The molecule has 0 atom stereocenters. The van der Waals surface area contributed by atoms with Crippen molar-refractivity contribution >= 4 is 45.0 Å². The van der Waals surface area contributed by atoms with E-state index < -0.39 is 0 Å². The number of hydrogen-bond donors (Lipinski definition) is 0. The summed E-state index contributed by atoms with van der Waals surface area (Å²) in [5.74, 6) is 0. The predicted molar refractivity (Wildman–Crippen MR) is 162 cm³/mol. The van der Waals surface area contributed by atoms with Crippen LogP contribution < -0.4 is 8.80 Å². The van der Waals surface area contributed by atoms with Crippen LogP contribution in [0.4, 0.5) is 0 Å². The van der Waals surface area contributed by atoms with Crippen molar-refractivity contribution in [2.45, 2.75) is 0 Å².